The molecule has 0 atom stereocenters. The molecule has 0 heterocycles. The zero-order valence-corrected chi connectivity index (χ0v) is 20.2. The van der Waals surface area contributed by atoms with Crippen molar-refractivity contribution in [1.82, 2.24) is 5.32 Å². The number of nitrogens with one attached hydrogen (secondary N) is 1. The summed E-state index contributed by atoms with van der Waals surface area (Å²) in [6.45, 7) is 19.2. The Kier molecular flexibility index (Phi) is 9.05. The Bertz CT molecular complexity index is 657. The van der Waals surface area contributed by atoms with Crippen LogP contribution >= 0.6 is 0 Å². The molecule has 0 fully saturated rings. The molecule has 1 aromatic carbocycles. The highest BCUT2D eigenvalue weighted by molar-refractivity contribution is 5.81. The lowest BCUT2D eigenvalue weighted by Crippen LogP contribution is -2.35. The number of unbranched alkanes of at least 4 members (excludes halogenated alkanes) is 1. The largest absolute Gasteiger partial charge is 0.488 e. The van der Waals surface area contributed by atoms with Crippen molar-refractivity contribution in [2.75, 3.05) is 6.54 Å². The normalized spacial score (nSPS) is 12.6. The fourth-order valence-electron chi connectivity index (χ4n) is 2.57. The maximum absolute atomic E-state index is 12.0. The molecular weight excluding hydrogens is 362 g/mol. The van der Waals surface area contributed by atoms with Gasteiger partial charge in [-0.3, -0.25) is 4.79 Å². The van der Waals surface area contributed by atoms with Crippen molar-refractivity contribution in [3.8, 4) is 11.5 Å². The van der Waals surface area contributed by atoms with Gasteiger partial charge in [0.05, 0.1) is 0 Å². The topological polar surface area (TPSA) is 47.6 Å². The Balaban J connectivity index is 2.80. The van der Waals surface area contributed by atoms with Gasteiger partial charge in [0, 0.05) is 18.0 Å². The number of aryl methyl sites for hydroxylation is 1. The van der Waals surface area contributed by atoms with Gasteiger partial charge < -0.3 is 14.8 Å². The Hall–Kier alpha value is -1.71. The molecule has 0 spiro atoms. The summed E-state index contributed by atoms with van der Waals surface area (Å²) in [4.78, 5) is 12.0. The summed E-state index contributed by atoms with van der Waals surface area (Å²) in [7, 11) is 0. The molecule has 0 aliphatic heterocycles. The fourth-order valence-corrected chi connectivity index (χ4v) is 2.57. The SMILES string of the molecule is CCC(C)(C)Oc1ccc(CCCCNC(=O)C(C)(C)C)c(OC(C)(C)CC)c1. The summed E-state index contributed by atoms with van der Waals surface area (Å²) in [5.74, 6) is 1.85. The summed E-state index contributed by atoms with van der Waals surface area (Å²) in [6, 6.07) is 6.20. The maximum atomic E-state index is 12.0. The maximum Gasteiger partial charge on any atom is 0.225 e. The van der Waals surface area contributed by atoms with Crippen LogP contribution in [0.3, 0.4) is 0 Å². The van der Waals surface area contributed by atoms with Crippen molar-refractivity contribution < 1.29 is 14.3 Å². The number of carbonyl (C=O) groups excluding carboxylic acids is 1. The Morgan fingerprint density at radius 1 is 0.897 bits per heavy atom. The molecule has 1 N–H and O–H groups in total. The molecule has 29 heavy (non-hydrogen) atoms. The van der Waals surface area contributed by atoms with Crippen molar-refractivity contribution in [3.05, 3.63) is 23.8 Å². The van der Waals surface area contributed by atoms with Crippen molar-refractivity contribution in [1.29, 1.82) is 0 Å². The summed E-state index contributed by atoms with van der Waals surface area (Å²) in [5, 5.41) is 3.02. The van der Waals surface area contributed by atoms with E-state index in [2.05, 4.69) is 52.9 Å². The molecular formula is C25H43NO3. The first kappa shape index (κ1) is 25.3. The molecule has 0 saturated heterocycles. The molecule has 1 aromatic rings. The molecule has 1 rings (SSSR count). The lowest BCUT2D eigenvalue weighted by molar-refractivity contribution is -0.128. The lowest BCUT2D eigenvalue weighted by atomic mass is 9.95. The van der Waals surface area contributed by atoms with Gasteiger partial charge in [0.2, 0.25) is 5.91 Å². The van der Waals surface area contributed by atoms with E-state index in [9.17, 15) is 4.79 Å². The predicted octanol–water partition coefficient (Wildman–Crippen LogP) is 6.31. The minimum atomic E-state index is -0.338. The van der Waals surface area contributed by atoms with E-state index in [4.69, 9.17) is 9.47 Å². The third-order valence-electron chi connectivity index (χ3n) is 5.36. The van der Waals surface area contributed by atoms with E-state index < -0.39 is 0 Å². The zero-order chi connectivity index (χ0) is 22.3. The van der Waals surface area contributed by atoms with Crippen LogP contribution in [0.15, 0.2) is 18.2 Å². The number of benzene rings is 1. The highest BCUT2D eigenvalue weighted by Crippen LogP contribution is 2.32. The molecule has 0 aliphatic rings. The first-order valence-electron chi connectivity index (χ1n) is 11.1. The van der Waals surface area contributed by atoms with Crippen LogP contribution in [0.5, 0.6) is 11.5 Å². The van der Waals surface area contributed by atoms with E-state index in [1.165, 1.54) is 5.56 Å². The van der Waals surface area contributed by atoms with Crippen molar-refractivity contribution >= 4 is 5.91 Å². The second-order valence-electron chi connectivity index (χ2n) is 10.2. The van der Waals surface area contributed by atoms with E-state index >= 15 is 0 Å². The Morgan fingerprint density at radius 3 is 2.03 bits per heavy atom. The monoisotopic (exact) mass is 405 g/mol. The molecule has 0 bridgehead atoms. The number of hydrogen-bond donors (Lipinski definition) is 1. The van der Waals surface area contributed by atoms with Crippen LogP contribution in [0.1, 0.15) is 93.6 Å². The van der Waals surface area contributed by atoms with E-state index in [0.29, 0.717) is 6.54 Å². The van der Waals surface area contributed by atoms with Gasteiger partial charge in [-0.1, -0.05) is 40.7 Å². The molecule has 4 nitrogen and oxygen atoms in total. The minimum absolute atomic E-state index is 0.103. The average molecular weight is 406 g/mol. The Labute approximate surface area is 178 Å². The summed E-state index contributed by atoms with van der Waals surface area (Å²) in [5.41, 5.74) is 0.420. The first-order chi connectivity index (χ1) is 13.3. The summed E-state index contributed by atoms with van der Waals surface area (Å²) >= 11 is 0. The van der Waals surface area contributed by atoms with Crippen LogP contribution in [0.4, 0.5) is 0 Å². The van der Waals surface area contributed by atoms with Crippen LogP contribution in [0.25, 0.3) is 0 Å². The molecule has 166 valence electrons. The molecule has 0 aromatic heterocycles. The second-order valence-corrected chi connectivity index (χ2v) is 10.2. The van der Waals surface area contributed by atoms with Crippen LogP contribution in [0.2, 0.25) is 0 Å². The first-order valence-corrected chi connectivity index (χ1v) is 11.1. The zero-order valence-electron chi connectivity index (χ0n) is 20.2. The van der Waals surface area contributed by atoms with Crippen molar-refractivity contribution in [2.45, 2.75) is 106 Å². The van der Waals surface area contributed by atoms with Crippen LogP contribution in [0, 0.1) is 5.41 Å². The lowest BCUT2D eigenvalue weighted by Gasteiger charge is -2.29. The van der Waals surface area contributed by atoms with E-state index in [0.717, 1.165) is 43.6 Å². The molecule has 0 aliphatic carbocycles. The van der Waals surface area contributed by atoms with Gasteiger partial charge in [-0.2, -0.15) is 0 Å². The van der Waals surface area contributed by atoms with E-state index in [-0.39, 0.29) is 22.5 Å². The standard InChI is InChI=1S/C25H43NO3/c1-10-24(6,7)28-20-16-15-19(21(18-20)29-25(8,9)11-2)14-12-13-17-26-22(27)23(3,4)5/h15-16,18H,10-14,17H2,1-9H3,(H,26,27). The molecule has 0 unspecified atom stereocenters. The van der Waals surface area contributed by atoms with E-state index in [1.54, 1.807) is 0 Å². The molecule has 4 heteroatoms. The van der Waals surface area contributed by atoms with Gasteiger partial charge in [-0.15, -0.1) is 0 Å². The highest BCUT2D eigenvalue weighted by atomic mass is 16.5. The van der Waals surface area contributed by atoms with Gasteiger partial charge in [-0.25, -0.2) is 0 Å². The van der Waals surface area contributed by atoms with Gasteiger partial charge >= 0.3 is 0 Å². The van der Waals surface area contributed by atoms with Gasteiger partial charge in [0.1, 0.15) is 22.7 Å². The fraction of sp³-hybridized carbons (Fsp3) is 0.720. The van der Waals surface area contributed by atoms with Crippen LogP contribution in [-0.2, 0) is 11.2 Å². The number of rotatable bonds is 11. The highest BCUT2D eigenvalue weighted by Gasteiger charge is 2.22. The Morgan fingerprint density at radius 2 is 1.48 bits per heavy atom. The predicted molar refractivity (Wildman–Crippen MR) is 122 cm³/mol. The third kappa shape index (κ3) is 9.10. The second kappa shape index (κ2) is 10.4. The minimum Gasteiger partial charge on any atom is -0.488 e. The van der Waals surface area contributed by atoms with Gasteiger partial charge in [0.25, 0.3) is 0 Å². The quantitative estimate of drug-likeness (QED) is 0.439. The van der Waals surface area contributed by atoms with Crippen LogP contribution in [-0.4, -0.2) is 23.7 Å². The number of ether oxygens (including phenoxy) is 2. The average Bonchev–Trinajstić information content (AvgIpc) is 2.61. The molecule has 0 radical (unpaired) electrons. The van der Waals surface area contributed by atoms with Crippen molar-refractivity contribution in [2.24, 2.45) is 5.41 Å². The number of amides is 1. The number of carbonyl (C=O) groups is 1. The smallest absolute Gasteiger partial charge is 0.225 e. The summed E-state index contributed by atoms with van der Waals surface area (Å²) < 4.78 is 12.5. The molecule has 0 saturated carbocycles. The van der Waals surface area contributed by atoms with Crippen LogP contribution < -0.4 is 14.8 Å². The summed E-state index contributed by atoms with van der Waals surface area (Å²) in [6.07, 6.45) is 4.72. The van der Waals surface area contributed by atoms with E-state index in [1.807, 2.05) is 32.9 Å². The third-order valence-corrected chi connectivity index (χ3v) is 5.36. The van der Waals surface area contributed by atoms with Gasteiger partial charge in [0.15, 0.2) is 0 Å². The van der Waals surface area contributed by atoms with Crippen molar-refractivity contribution in [3.63, 3.8) is 0 Å². The number of hydrogen-bond acceptors (Lipinski definition) is 3. The molecule has 1 amide bonds. The van der Waals surface area contributed by atoms with Gasteiger partial charge in [-0.05, 0) is 71.4 Å².